The maximum absolute atomic E-state index is 12.5. The standard InChI is InChI=1S/C25H42O4/c1-7-24(28-21(26)17(2)3)16-23(13-10-20(24)15-23)14-19(6)25(11-8-9-12-25)29-22(27)18(4)5/h17-20H,7-16H2,1-6H3. The van der Waals surface area contributed by atoms with Gasteiger partial charge < -0.3 is 9.47 Å². The molecule has 0 aromatic heterocycles. The van der Waals surface area contributed by atoms with E-state index in [4.69, 9.17) is 9.47 Å². The summed E-state index contributed by atoms with van der Waals surface area (Å²) < 4.78 is 12.4. The van der Waals surface area contributed by atoms with E-state index < -0.39 is 0 Å². The van der Waals surface area contributed by atoms with Crippen LogP contribution in [0.1, 0.15) is 106 Å². The molecule has 0 heterocycles. The van der Waals surface area contributed by atoms with Crippen molar-refractivity contribution < 1.29 is 19.1 Å². The van der Waals surface area contributed by atoms with Crippen LogP contribution in [-0.2, 0) is 19.1 Å². The van der Waals surface area contributed by atoms with Crippen LogP contribution in [0.25, 0.3) is 0 Å². The van der Waals surface area contributed by atoms with E-state index in [1.165, 1.54) is 6.42 Å². The first-order valence-corrected chi connectivity index (χ1v) is 12.0. The van der Waals surface area contributed by atoms with Gasteiger partial charge in [0.05, 0.1) is 11.8 Å². The van der Waals surface area contributed by atoms with Gasteiger partial charge in [-0.05, 0) is 81.5 Å². The predicted octanol–water partition coefficient (Wildman–Crippen LogP) is 6.06. The van der Waals surface area contributed by atoms with Crippen molar-refractivity contribution in [2.24, 2.45) is 29.1 Å². The second-order valence-corrected chi connectivity index (χ2v) is 11.1. The molecular formula is C25H42O4. The zero-order valence-electron chi connectivity index (χ0n) is 19.5. The van der Waals surface area contributed by atoms with Gasteiger partial charge in [-0.15, -0.1) is 0 Å². The van der Waals surface area contributed by atoms with Gasteiger partial charge in [-0.2, -0.15) is 0 Å². The lowest BCUT2D eigenvalue weighted by Gasteiger charge is -2.43. The highest BCUT2D eigenvalue weighted by molar-refractivity contribution is 5.72. The van der Waals surface area contributed by atoms with Crippen molar-refractivity contribution in [2.75, 3.05) is 0 Å². The van der Waals surface area contributed by atoms with E-state index in [0.29, 0.717) is 11.8 Å². The number of fused-ring (bicyclic) bond motifs is 2. The number of esters is 2. The molecule has 0 spiro atoms. The molecule has 3 saturated carbocycles. The Hall–Kier alpha value is -1.06. The van der Waals surface area contributed by atoms with Crippen molar-refractivity contribution >= 4 is 11.9 Å². The smallest absolute Gasteiger partial charge is 0.308 e. The number of carbonyl (C=O) groups is 2. The Labute approximate surface area is 177 Å². The highest BCUT2D eigenvalue weighted by Crippen LogP contribution is 2.64. The zero-order chi connectivity index (χ0) is 21.4. The Morgan fingerprint density at radius 3 is 2.07 bits per heavy atom. The van der Waals surface area contributed by atoms with Crippen molar-refractivity contribution in [2.45, 2.75) is 117 Å². The third-order valence-electron chi connectivity index (χ3n) is 8.36. The number of ether oxygens (including phenoxy) is 2. The lowest BCUT2D eigenvalue weighted by Crippen LogP contribution is -2.44. The molecular weight excluding hydrogens is 364 g/mol. The monoisotopic (exact) mass is 406 g/mol. The van der Waals surface area contributed by atoms with Crippen molar-refractivity contribution in [3.63, 3.8) is 0 Å². The van der Waals surface area contributed by atoms with Crippen molar-refractivity contribution in [3.8, 4) is 0 Å². The summed E-state index contributed by atoms with van der Waals surface area (Å²) in [6.07, 6.45) is 10.8. The second-order valence-electron chi connectivity index (χ2n) is 11.1. The molecule has 166 valence electrons. The van der Waals surface area contributed by atoms with Gasteiger partial charge in [0.2, 0.25) is 0 Å². The van der Waals surface area contributed by atoms with Crippen molar-refractivity contribution in [1.82, 2.24) is 0 Å². The van der Waals surface area contributed by atoms with E-state index in [0.717, 1.165) is 57.8 Å². The summed E-state index contributed by atoms with van der Waals surface area (Å²) in [6, 6.07) is 0. The van der Waals surface area contributed by atoms with E-state index >= 15 is 0 Å². The van der Waals surface area contributed by atoms with E-state index in [1.807, 2.05) is 27.7 Å². The summed E-state index contributed by atoms with van der Waals surface area (Å²) in [4.78, 5) is 24.9. The van der Waals surface area contributed by atoms with E-state index in [2.05, 4.69) is 13.8 Å². The van der Waals surface area contributed by atoms with Gasteiger partial charge in [0.25, 0.3) is 0 Å². The fourth-order valence-corrected chi connectivity index (χ4v) is 6.60. The first kappa shape index (κ1) is 22.6. The van der Waals surface area contributed by atoms with Crippen LogP contribution in [0.15, 0.2) is 0 Å². The lowest BCUT2D eigenvalue weighted by atomic mass is 9.69. The molecule has 3 rings (SSSR count). The summed E-state index contributed by atoms with van der Waals surface area (Å²) in [5, 5.41) is 0. The maximum Gasteiger partial charge on any atom is 0.308 e. The Kier molecular flexibility index (Phi) is 6.42. The number of hydrogen-bond acceptors (Lipinski definition) is 4. The van der Waals surface area contributed by atoms with E-state index in [1.54, 1.807) is 0 Å². The van der Waals surface area contributed by atoms with Gasteiger partial charge in [0.1, 0.15) is 11.2 Å². The molecule has 0 aliphatic heterocycles. The largest absolute Gasteiger partial charge is 0.459 e. The van der Waals surface area contributed by atoms with Gasteiger partial charge >= 0.3 is 11.9 Å². The molecule has 0 aromatic carbocycles. The van der Waals surface area contributed by atoms with Gasteiger partial charge in [-0.25, -0.2) is 0 Å². The first-order chi connectivity index (χ1) is 13.6. The molecule has 4 unspecified atom stereocenters. The third-order valence-corrected chi connectivity index (χ3v) is 8.36. The molecule has 4 heteroatoms. The van der Waals surface area contributed by atoms with Crippen molar-refractivity contribution in [1.29, 1.82) is 0 Å². The number of carbonyl (C=O) groups excluding carboxylic acids is 2. The van der Waals surface area contributed by atoms with Crippen LogP contribution in [-0.4, -0.2) is 23.1 Å². The Morgan fingerprint density at radius 1 is 0.931 bits per heavy atom. The van der Waals surface area contributed by atoms with E-state index in [-0.39, 0.29) is 40.4 Å². The third kappa shape index (κ3) is 4.23. The molecule has 3 aliphatic carbocycles. The summed E-state index contributed by atoms with van der Waals surface area (Å²) >= 11 is 0. The van der Waals surface area contributed by atoms with Crippen molar-refractivity contribution in [3.05, 3.63) is 0 Å². The maximum atomic E-state index is 12.5. The molecule has 4 atom stereocenters. The highest BCUT2D eigenvalue weighted by atomic mass is 16.6. The van der Waals surface area contributed by atoms with Gasteiger partial charge in [-0.1, -0.05) is 41.5 Å². The Balaban J connectivity index is 1.75. The molecule has 0 saturated heterocycles. The SMILES string of the molecule is CCC1(OC(=O)C(C)C)CC2(CC(C)C3(OC(=O)C(C)C)CCCC3)CCC1C2. The van der Waals surface area contributed by atoms with Crippen LogP contribution >= 0.6 is 0 Å². The highest BCUT2D eigenvalue weighted by Gasteiger charge is 2.61. The normalized spacial score (nSPS) is 34.0. The minimum Gasteiger partial charge on any atom is -0.459 e. The molecule has 0 aromatic rings. The lowest BCUT2D eigenvalue weighted by molar-refractivity contribution is -0.175. The van der Waals surface area contributed by atoms with Crippen LogP contribution in [0, 0.1) is 29.1 Å². The molecule has 0 radical (unpaired) electrons. The van der Waals surface area contributed by atoms with E-state index in [9.17, 15) is 9.59 Å². The molecule has 0 amide bonds. The molecule has 3 aliphatic rings. The average molecular weight is 407 g/mol. The minimum absolute atomic E-state index is 0.0549. The predicted molar refractivity (Wildman–Crippen MR) is 114 cm³/mol. The van der Waals surface area contributed by atoms with Crippen LogP contribution in [0.5, 0.6) is 0 Å². The topological polar surface area (TPSA) is 52.6 Å². The van der Waals surface area contributed by atoms with Crippen LogP contribution in [0.4, 0.5) is 0 Å². The molecule has 2 bridgehead atoms. The van der Waals surface area contributed by atoms with Crippen LogP contribution < -0.4 is 0 Å². The van der Waals surface area contributed by atoms with Gasteiger partial charge in [0.15, 0.2) is 0 Å². The summed E-state index contributed by atoms with van der Waals surface area (Å²) in [7, 11) is 0. The molecule has 0 N–H and O–H groups in total. The summed E-state index contributed by atoms with van der Waals surface area (Å²) in [6.45, 7) is 12.2. The van der Waals surface area contributed by atoms with Crippen LogP contribution in [0.2, 0.25) is 0 Å². The molecule has 29 heavy (non-hydrogen) atoms. The molecule has 4 nitrogen and oxygen atoms in total. The number of hydrogen-bond donors (Lipinski definition) is 0. The quantitative estimate of drug-likeness (QED) is 0.460. The minimum atomic E-state index is -0.291. The van der Waals surface area contributed by atoms with Crippen LogP contribution in [0.3, 0.4) is 0 Å². The van der Waals surface area contributed by atoms with Gasteiger partial charge in [-0.3, -0.25) is 9.59 Å². The Bertz CT molecular complexity index is 618. The molecule has 3 fully saturated rings. The fraction of sp³-hybridized carbons (Fsp3) is 0.920. The van der Waals surface area contributed by atoms with Gasteiger partial charge in [0, 0.05) is 0 Å². The summed E-state index contributed by atoms with van der Waals surface area (Å²) in [5.41, 5.74) is -0.339. The zero-order valence-corrected chi connectivity index (χ0v) is 19.5. The first-order valence-electron chi connectivity index (χ1n) is 12.0. The Morgan fingerprint density at radius 2 is 1.52 bits per heavy atom. The summed E-state index contributed by atoms with van der Waals surface area (Å²) in [5.74, 6) is 0.564. The average Bonchev–Trinajstić information content (AvgIpc) is 3.35. The number of rotatable bonds is 8. The fourth-order valence-electron chi connectivity index (χ4n) is 6.60. The second kappa shape index (κ2) is 8.23.